The van der Waals surface area contributed by atoms with Gasteiger partial charge in [-0.05, 0) is 31.4 Å². The highest BCUT2D eigenvalue weighted by Gasteiger charge is 2.23. The third kappa shape index (κ3) is 1.19. The summed E-state index contributed by atoms with van der Waals surface area (Å²) in [4.78, 5) is 14.8. The molecule has 16 heavy (non-hydrogen) atoms. The van der Waals surface area contributed by atoms with Crippen molar-refractivity contribution in [2.24, 2.45) is 0 Å². The van der Waals surface area contributed by atoms with Gasteiger partial charge in [0.15, 0.2) is 0 Å². The first-order chi connectivity index (χ1) is 7.81. The first-order valence-electron chi connectivity index (χ1n) is 5.58. The van der Waals surface area contributed by atoms with E-state index in [9.17, 15) is 4.79 Å². The number of methoxy groups -OCH3 is 1. The van der Waals surface area contributed by atoms with Crippen molar-refractivity contribution in [3.63, 3.8) is 0 Å². The minimum Gasteiger partial charge on any atom is -0.494 e. The van der Waals surface area contributed by atoms with E-state index < -0.39 is 0 Å². The number of aromatic nitrogens is 2. The summed E-state index contributed by atoms with van der Waals surface area (Å²) >= 11 is 0. The third-order valence-electron chi connectivity index (χ3n) is 3.37. The molecule has 1 aromatic carbocycles. The Kier molecular flexibility index (Phi) is 2.02. The van der Waals surface area contributed by atoms with Crippen molar-refractivity contribution in [3.05, 3.63) is 28.7 Å². The maximum absolute atomic E-state index is 11.9. The Morgan fingerprint density at radius 3 is 2.88 bits per heavy atom. The van der Waals surface area contributed by atoms with Crippen molar-refractivity contribution in [1.82, 2.24) is 9.55 Å². The molecule has 0 radical (unpaired) electrons. The van der Waals surface area contributed by atoms with Crippen LogP contribution in [0.3, 0.4) is 0 Å². The van der Waals surface area contributed by atoms with E-state index >= 15 is 0 Å². The van der Waals surface area contributed by atoms with Crippen LogP contribution in [0, 0.1) is 0 Å². The highest BCUT2D eigenvalue weighted by atomic mass is 16.5. The zero-order valence-corrected chi connectivity index (χ0v) is 9.19. The Morgan fingerprint density at radius 1 is 1.44 bits per heavy atom. The van der Waals surface area contributed by atoms with E-state index in [2.05, 4.69) is 4.98 Å². The Labute approximate surface area is 92.8 Å². The summed E-state index contributed by atoms with van der Waals surface area (Å²) in [6.45, 7) is 0. The van der Waals surface area contributed by atoms with Crippen LogP contribution in [0.4, 0.5) is 0 Å². The van der Waals surface area contributed by atoms with Crippen LogP contribution in [0.25, 0.3) is 11.0 Å². The molecule has 0 aliphatic heterocycles. The van der Waals surface area contributed by atoms with Gasteiger partial charge in [-0.3, -0.25) is 4.57 Å². The maximum atomic E-state index is 11.9. The molecule has 84 valence electrons. The number of hydrogen-bond acceptors (Lipinski definition) is 2. The number of para-hydroxylation sites is 1. The number of nitrogens with zero attached hydrogens (tertiary/aromatic N) is 1. The van der Waals surface area contributed by atoms with Crippen molar-refractivity contribution in [3.8, 4) is 5.75 Å². The molecule has 1 N–H and O–H groups in total. The fraction of sp³-hybridized carbons (Fsp3) is 0.417. The van der Waals surface area contributed by atoms with Gasteiger partial charge >= 0.3 is 5.69 Å². The van der Waals surface area contributed by atoms with Gasteiger partial charge in [-0.1, -0.05) is 6.07 Å². The number of nitrogens with one attached hydrogen (secondary N) is 1. The zero-order chi connectivity index (χ0) is 11.1. The number of benzene rings is 1. The van der Waals surface area contributed by atoms with Crippen LogP contribution in [0.2, 0.25) is 0 Å². The van der Waals surface area contributed by atoms with Crippen molar-refractivity contribution in [2.75, 3.05) is 7.11 Å². The van der Waals surface area contributed by atoms with E-state index in [0.717, 1.165) is 29.6 Å². The van der Waals surface area contributed by atoms with Gasteiger partial charge < -0.3 is 9.72 Å². The van der Waals surface area contributed by atoms with Crippen LogP contribution in [-0.2, 0) is 0 Å². The molecule has 1 aliphatic rings. The largest absolute Gasteiger partial charge is 0.494 e. The van der Waals surface area contributed by atoms with Crippen LogP contribution >= 0.6 is 0 Å². The number of aromatic amines is 1. The average Bonchev–Trinajstić information content (AvgIpc) is 2.54. The first-order valence-corrected chi connectivity index (χ1v) is 5.58. The topological polar surface area (TPSA) is 47.0 Å². The maximum Gasteiger partial charge on any atom is 0.326 e. The van der Waals surface area contributed by atoms with E-state index in [4.69, 9.17) is 4.74 Å². The van der Waals surface area contributed by atoms with Gasteiger partial charge in [0.25, 0.3) is 0 Å². The first kappa shape index (κ1) is 9.51. The summed E-state index contributed by atoms with van der Waals surface area (Å²) in [5.74, 6) is 0.729. The summed E-state index contributed by atoms with van der Waals surface area (Å²) in [6.07, 6.45) is 3.42. The smallest absolute Gasteiger partial charge is 0.326 e. The molecule has 0 atom stereocenters. The van der Waals surface area contributed by atoms with Gasteiger partial charge in [0.05, 0.1) is 12.6 Å². The Bertz CT molecular complexity index is 578. The van der Waals surface area contributed by atoms with Crippen molar-refractivity contribution >= 4 is 11.0 Å². The molecule has 1 aromatic heterocycles. The lowest BCUT2D eigenvalue weighted by molar-refractivity contribution is 0.314. The fourth-order valence-electron chi connectivity index (χ4n) is 2.30. The molecular formula is C12H14N2O2. The van der Waals surface area contributed by atoms with Crippen molar-refractivity contribution in [2.45, 2.75) is 25.3 Å². The van der Waals surface area contributed by atoms with Crippen molar-refractivity contribution < 1.29 is 4.74 Å². The molecule has 0 saturated heterocycles. The molecule has 1 fully saturated rings. The van der Waals surface area contributed by atoms with Gasteiger partial charge in [0.2, 0.25) is 0 Å². The van der Waals surface area contributed by atoms with E-state index in [1.807, 2.05) is 22.8 Å². The van der Waals surface area contributed by atoms with E-state index in [1.54, 1.807) is 7.11 Å². The van der Waals surface area contributed by atoms with E-state index in [-0.39, 0.29) is 5.69 Å². The number of rotatable bonds is 2. The van der Waals surface area contributed by atoms with E-state index in [0.29, 0.717) is 6.04 Å². The molecule has 0 unspecified atom stereocenters. The molecule has 1 aliphatic carbocycles. The van der Waals surface area contributed by atoms with Gasteiger partial charge in [-0.15, -0.1) is 0 Å². The molecule has 1 heterocycles. The molecule has 4 heteroatoms. The van der Waals surface area contributed by atoms with Gasteiger partial charge in [0.1, 0.15) is 11.3 Å². The second kappa shape index (κ2) is 3.40. The van der Waals surface area contributed by atoms with E-state index in [1.165, 1.54) is 6.42 Å². The van der Waals surface area contributed by atoms with Crippen LogP contribution < -0.4 is 10.4 Å². The molecule has 2 aromatic rings. The second-order valence-corrected chi connectivity index (χ2v) is 4.24. The number of fused-ring (bicyclic) bond motifs is 1. The highest BCUT2D eigenvalue weighted by molar-refractivity contribution is 5.82. The standard InChI is InChI=1S/C12H14N2O2/c1-16-10-7-3-6-9-11(10)13-12(15)14(9)8-4-2-5-8/h3,6-8H,2,4-5H2,1H3,(H,13,15). The molecule has 0 bridgehead atoms. The second-order valence-electron chi connectivity index (χ2n) is 4.24. The molecule has 0 amide bonds. The van der Waals surface area contributed by atoms with Gasteiger partial charge in [0, 0.05) is 6.04 Å². The number of ether oxygens (including phenoxy) is 1. The highest BCUT2D eigenvalue weighted by Crippen LogP contribution is 2.33. The Hall–Kier alpha value is -1.71. The molecule has 4 nitrogen and oxygen atoms in total. The number of hydrogen-bond donors (Lipinski definition) is 1. The zero-order valence-electron chi connectivity index (χ0n) is 9.19. The SMILES string of the molecule is COc1cccc2c1[nH]c(=O)n2C1CCC1. The lowest BCUT2D eigenvalue weighted by Gasteiger charge is -2.26. The summed E-state index contributed by atoms with van der Waals surface area (Å²) in [5, 5.41) is 0. The minimum atomic E-state index is -0.0239. The van der Waals surface area contributed by atoms with Crippen LogP contribution in [0.15, 0.2) is 23.0 Å². The van der Waals surface area contributed by atoms with Crippen LogP contribution in [-0.4, -0.2) is 16.7 Å². The Balaban J connectivity index is 2.28. The summed E-state index contributed by atoms with van der Waals surface area (Å²) in [7, 11) is 1.62. The lowest BCUT2D eigenvalue weighted by Crippen LogP contribution is -2.26. The number of H-pyrrole nitrogens is 1. The van der Waals surface area contributed by atoms with Gasteiger partial charge in [-0.2, -0.15) is 0 Å². The fourth-order valence-corrected chi connectivity index (χ4v) is 2.30. The quantitative estimate of drug-likeness (QED) is 0.838. The minimum absolute atomic E-state index is 0.0239. The normalized spacial score (nSPS) is 16.3. The molecule has 3 rings (SSSR count). The molecular weight excluding hydrogens is 204 g/mol. The van der Waals surface area contributed by atoms with Crippen LogP contribution in [0.1, 0.15) is 25.3 Å². The lowest BCUT2D eigenvalue weighted by atomic mass is 9.93. The summed E-state index contributed by atoms with van der Waals surface area (Å²) in [6, 6.07) is 6.12. The Morgan fingerprint density at radius 2 is 2.25 bits per heavy atom. The number of imidazole rings is 1. The summed E-state index contributed by atoms with van der Waals surface area (Å²) < 4.78 is 7.11. The third-order valence-corrected chi connectivity index (χ3v) is 3.37. The predicted octanol–water partition coefficient (Wildman–Crippen LogP) is 2.06. The summed E-state index contributed by atoms with van der Waals surface area (Å²) in [5.41, 5.74) is 1.74. The average molecular weight is 218 g/mol. The monoisotopic (exact) mass is 218 g/mol. The van der Waals surface area contributed by atoms with Crippen molar-refractivity contribution in [1.29, 1.82) is 0 Å². The molecule has 1 saturated carbocycles. The molecule has 0 spiro atoms. The van der Waals surface area contributed by atoms with Gasteiger partial charge in [-0.25, -0.2) is 4.79 Å². The van der Waals surface area contributed by atoms with Crippen LogP contribution in [0.5, 0.6) is 5.75 Å². The predicted molar refractivity (Wildman–Crippen MR) is 62.0 cm³/mol.